The number of amides is 5. The first-order valence-electron chi connectivity index (χ1n) is 38.4. The van der Waals surface area contributed by atoms with E-state index in [9.17, 15) is 63.2 Å². The Morgan fingerprint density at radius 2 is 1.02 bits per heavy atom. The van der Waals surface area contributed by atoms with Gasteiger partial charge in [0.05, 0.1) is 70.1 Å². The fourth-order valence-corrected chi connectivity index (χ4v) is 18.9. The fourth-order valence-electron chi connectivity index (χ4n) is 14.6. The molecule has 0 spiro atoms. The lowest BCUT2D eigenvalue weighted by Gasteiger charge is -2.35. The van der Waals surface area contributed by atoms with E-state index in [1.165, 1.54) is 34.7 Å². The van der Waals surface area contributed by atoms with Gasteiger partial charge >= 0.3 is 5.97 Å². The quantitative estimate of drug-likeness (QED) is 0.0517. The molecule has 10 atom stereocenters. The number of carbonyl (C=O) groups is 6. The van der Waals surface area contributed by atoms with Gasteiger partial charge in [-0.25, -0.2) is 69.1 Å². The highest BCUT2D eigenvalue weighted by Gasteiger charge is 2.67. The summed E-state index contributed by atoms with van der Waals surface area (Å²) in [6.07, 6.45) is 5.48. The van der Waals surface area contributed by atoms with Gasteiger partial charge < -0.3 is 45.7 Å². The second-order valence-corrected chi connectivity index (χ2v) is 38.3. The maximum atomic E-state index is 14.8. The van der Waals surface area contributed by atoms with E-state index in [-0.39, 0.29) is 56.5 Å². The van der Waals surface area contributed by atoms with Crippen LogP contribution >= 0.6 is 35.1 Å². The summed E-state index contributed by atoms with van der Waals surface area (Å²) < 4.78 is 123. The summed E-state index contributed by atoms with van der Waals surface area (Å²) in [5.41, 5.74) is 9.40. The van der Waals surface area contributed by atoms with Crippen molar-refractivity contribution in [2.75, 3.05) is 30.8 Å². The zero-order valence-corrected chi connectivity index (χ0v) is 69.1. The Bertz CT molecular complexity index is 5430. The predicted octanol–water partition coefficient (Wildman–Crippen LogP) is 11.1. The molecule has 4 aliphatic carbocycles. The van der Waals surface area contributed by atoms with Crippen LogP contribution in [0.1, 0.15) is 128 Å². The maximum Gasteiger partial charge on any atom is 0.328 e. The first kappa shape index (κ1) is 85.1. The number of anilines is 2. The summed E-state index contributed by atoms with van der Waals surface area (Å²) in [5, 5.41) is 13.0. The minimum absolute atomic E-state index is 0. The Labute approximate surface area is 688 Å². The zero-order valence-electron chi connectivity index (χ0n) is 65.0. The number of halogens is 5. The Balaban J connectivity index is 0.000000174. The maximum absolute atomic E-state index is 14.8. The number of allylic oxidation sites excluding steroid dienone is 2. The molecule has 0 radical (unpaired) electrons. The predicted molar refractivity (Wildman–Crippen MR) is 437 cm³/mol. The van der Waals surface area contributed by atoms with Gasteiger partial charge in [0, 0.05) is 40.6 Å². The fraction of sp³-hybridized carbons (Fsp3) is 0.457. The highest BCUT2D eigenvalue weighted by Crippen LogP contribution is 2.50. The second-order valence-electron chi connectivity index (χ2n) is 32.7. The molecule has 5 amide bonds. The van der Waals surface area contributed by atoms with Crippen molar-refractivity contribution in [3.05, 3.63) is 142 Å². The van der Waals surface area contributed by atoms with Crippen molar-refractivity contribution in [3.63, 3.8) is 0 Å². The van der Waals surface area contributed by atoms with Crippen molar-refractivity contribution in [1.82, 2.24) is 54.5 Å². The standard InChI is InChI=1S/C40H43F2N7O6S2.C33H35N5O4S.C8H12F2N2O3S.ClH/c1-39(2,3)32-36(51)49-20-25(18-30(49)34(50)47-40(19-27(40)33(41)42)37(52)48-57(53,54)26-15-16-26)55-35-31(44-28-13-6-7-14-29(28)45-35)23-11-8-10-22(17-23)9-4-5-12-24-21-56-38(43-24)46-32;1-33(2,3)28-30(39)38-18-23(17-26(38)31(40)41-4)42-29-27(35-24-14-7-8-15-25(24)36-29)21-12-9-11-20(16-21)10-5-6-13-22-19-43-32(34-22)37-28;9-6(10)5-3-8(5,11)7(13)12-16(14,15)4-1-2-4;/h4,6-11,13-14,17,21,25-27,30,32-33H,5,12,15-16,18-20H2,1-3H3,(H,43,46)(H,47,50)(H,48,52);5,7-12,14-16,19,23,26,28H,6,13,17-18H2,1-4H3,(H,34,37);4-6H,1-3,11H2,(H,12,13);1H/b9-4+;10-5+;;/t25?,27-,30-,32+,40+;23-,26+,28-;5-,8+;/m010./s1. The number of thiazole rings is 2. The van der Waals surface area contributed by atoms with Crippen LogP contribution in [-0.2, 0) is 66.4 Å². The van der Waals surface area contributed by atoms with Crippen LogP contribution in [0, 0.1) is 22.7 Å². The van der Waals surface area contributed by atoms with E-state index in [0.29, 0.717) is 82.6 Å². The number of carbonyl (C=O) groups excluding carboxylic acids is 6. The second kappa shape index (κ2) is 33.9. The number of esters is 1. The van der Waals surface area contributed by atoms with E-state index in [0.717, 1.165) is 52.0 Å². The number of nitrogens with one attached hydrogen (secondary N) is 5. The number of fused-ring (bicyclic) bond motifs is 18. The molecule has 4 aromatic heterocycles. The molecule has 1 unspecified atom stereocenters. The van der Waals surface area contributed by atoms with Crippen molar-refractivity contribution in [2.45, 2.75) is 189 Å². The molecule has 8 heterocycles. The van der Waals surface area contributed by atoms with Crippen LogP contribution in [-0.4, -0.2) is 183 Å². The van der Waals surface area contributed by atoms with E-state index < -0.39 is 150 Å². The van der Waals surface area contributed by atoms with Crippen LogP contribution in [0.15, 0.2) is 120 Å². The number of benzene rings is 4. The third-order valence-electron chi connectivity index (χ3n) is 21.7. The molecule has 36 heteroatoms. The van der Waals surface area contributed by atoms with Gasteiger partial charge in [-0.1, -0.05) is 127 Å². The molecule has 2 saturated heterocycles. The molecule has 6 fully saturated rings. The van der Waals surface area contributed by atoms with Crippen LogP contribution in [0.25, 0.3) is 56.7 Å². The Morgan fingerprint density at radius 3 is 1.43 bits per heavy atom. The van der Waals surface area contributed by atoms with Crippen molar-refractivity contribution < 1.29 is 77.4 Å². The number of nitrogens with two attached hydrogens (primary N) is 1. The Hall–Kier alpha value is -9.81. The van der Waals surface area contributed by atoms with Crippen molar-refractivity contribution >= 4 is 135 Å². The first-order chi connectivity index (χ1) is 55.1. The SMILES string of the molecule is CC(C)(C)[C@@H]1Nc2nc(cs2)CC/C=C/c2cccc(c2)-c2nc3ccccc3nc2OC2C[C@@H](C(=O)N[C@]3(C(=O)NS(=O)(=O)C4CC4)C[C@H]3C(F)F)N(C2)C1=O.COC(=O)[C@@H]1C[C@@H]2CN1C(=O)[C@H](C(C)(C)C)Nc1nc(cs1)CC/C=C/c1cccc(c1)-c1nc3ccccc3nc1O2.Cl.N[C@]1(C(=O)NS(=O)(=O)C2CC2)C[C@H]1C(F)F. The number of aryl methyl sites for hydroxylation is 2. The number of hydrogen-bond donors (Lipinski definition) is 6. The average Bonchev–Trinajstić information content (AvgIpc) is 1.56. The van der Waals surface area contributed by atoms with Gasteiger partial charge in [0.25, 0.3) is 11.8 Å². The highest BCUT2D eigenvalue weighted by atomic mass is 35.5. The first-order valence-corrected chi connectivity index (χ1v) is 43.2. The van der Waals surface area contributed by atoms with Gasteiger partial charge in [-0.2, -0.15) is 0 Å². The van der Waals surface area contributed by atoms with Gasteiger partial charge in [0.1, 0.15) is 58.8 Å². The molecule has 12 bridgehead atoms. The van der Waals surface area contributed by atoms with Crippen LogP contribution in [0.4, 0.5) is 27.8 Å². The van der Waals surface area contributed by atoms with Crippen LogP contribution < -0.4 is 40.6 Å². The summed E-state index contributed by atoms with van der Waals surface area (Å²) in [6, 6.07) is 27.2. The van der Waals surface area contributed by atoms with Crippen LogP contribution in [0.5, 0.6) is 11.8 Å². The number of aromatic nitrogens is 6. The lowest BCUT2D eigenvalue weighted by Crippen LogP contribution is -2.59. The topological polar surface area (TPSA) is 368 Å². The van der Waals surface area contributed by atoms with Gasteiger partial charge in [-0.15, -0.1) is 35.1 Å². The summed E-state index contributed by atoms with van der Waals surface area (Å²) in [6.45, 7) is 11.7. The minimum Gasteiger partial charge on any atom is -0.471 e. The number of alkyl halides is 4. The molecule has 117 heavy (non-hydrogen) atoms. The van der Waals surface area contributed by atoms with E-state index in [1.807, 2.05) is 142 Å². The summed E-state index contributed by atoms with van der Waals surface area (Å²) in [4.78, 5) is 113. The molecule has 4 saturated carbocycles. The molecule has 4 aliphatic heterocycles. The molecule has 4 aromatic carbocycles. The minimum atomic E-state index is -4.11. The third kappa shape index (κ3) is 19.2. The van der Waals surface area contributed by atoms with Gasteiger partial charge in [-0.3, -0.25) is 33.4 Å². The monoisotopic (exact) mass is 1710 g/mol. The molecule has 7 N–H and O–H groups in total. The van der Waals surface area contributed by atoms with Gasteiger partial charge in [-0.05, 0) is 123 Å². The van der Waals surface area contributed by atoms with Gasteiger partial charge in [0.2, 0.25) is 62.4 Å². The Kier molecular flexibility index (Phi) is 24.6. The van der Waals surface area contributed by atoms with Gasteiger partial charge in [0.15, 0.2) is 10.3 Å². The van der Waals surface area contributed by atoms with Crippen molar-refractivity contribution in [1.29, 1.82) is 0 Å². The van der Waals surface area contributed by atoms with Crippen LogP contribution in [0.3, 0.4) is 0 Å². The molecule has 16 rings (SSSR count). The van der Waals surface area contributed by atoms with E-state index in [4.69, 9.17) is 49.8 Å². The average molecular weight is 1710 g/mol. The van der Waals surface area contributed by atoms with Crippen LogP contribution in [0.2, 0.25) is 0 Å². The largest absolute Gasteiger partial charge is 0.471 e. The molecule has 8 aliphatic rings. The number of sulfonamides is 2. The Morgan fingerprint density at radius 1 is 0.590 bits per heavy atom. The van der Waals surface area contributed by atoms with E-state index in [2.05, 4.69) is 46.3 Å². The number of methoxy groups -OCH3 is 1. The van der Waals surface area contributed by atoms with E-state index >= 15 is 0 Å². The smallest absolute Gasteiger partial charge is 0.328 e. The summed E-state index contributed by atoms with van der Waals surface area (Å²) in [7, 11) is -6.47. The highest BCUT2D eigenvalue weighted by molar-refractivity contribution is 7.91. The summed E-state index contributed by atoms with van der Waals surface area (Å²) in [5.74, 6) is -6.58. The van der Waals surface area contributed by atoms with E-state index in [1.54, 1.807) is 15.7 Å². The zero-order chi connectivity index (χ0) is 82.6. The molecule has 8 aromatic rings. The number of para-hydroxylation sites is 4. The number of rotatable bonds is 11. The normalized spacial score (nSPS) is 25.0. The number of ether oxygens (including phenoxy) is 3. The lowest BCUT2D eigenvalue weighted by atomic mass is 9.85. The number of nitrogens with zero attached hydrogens (tertiary/aromatic N) is 8. The lowest BCUT2D eigenvalue weighted by molar-refractivity contribution is -0.151. The molecule has 27 nitrogen and oxygen atoms in total. The molecular weight excluding hydrogens is 1620 g/mol. The third-order valence-corrected chi connectivity index (χ3v) is 27.0. The molecule has 622 valence electrons. The number of hydrogen-bond acceptors (Lipinski definition) is 24. The molecular formula is C81H91ClF4N14O13S4. The summed E-state index contributed by atoms with van der Waals surface area (Å²) >= 11 is 2.84. The van der Waals surface area contributed by atoms with Crippen molar-refractivity contribution in [2.24, 2.45) is 28.4 Å². The van der Waals surface area contributed by atoms with Crippen molar-refractivity contribution in [3.8, 4) is 34.3 Å².